The van der Waals surface area contributed by atoms with Crippen molar-refractivity contribution in [3.63, 3.8) is 0 Å². The summed E-state index contributed by atoms with van der Waals surface area (Å²) in [6.07, 6.45) is 5.85. The second-order valence-electron chi connectivity index (χ2n) is 2.70. The summed E-state index contributed by atoms with van der Waals surface area (Å²) in [4.78, 5) is 0. The highest BCUT2D eigenvalue weighted by Crippen LogP contribution is 2.06. The highest BCUT2D eigenvalue weighted by atomic mass is 16.3. The smallest absolute Gasteiger partial charge is 0.0693 e. The average molecular weight is 141 g/mol. The first-order valence-corrected chi connectivity index (χ1v) is 3.91. The second-order valence-corrected chi connectivity index (χ2v) is 2.70. The summed E-state index contributed by atoms with van der Waals surface area (Å²) in [7, 11) is 0. The highest BCUT2D eigenvalue weighted by Gasteiger charge is 2.16. The molecule has 2 atom stereocenters. The fourth-order valence-electron chi connectivity index (χ4n) is 1.21. The summed E-state index contributed by atoms with van der Waals surface area (Å²) in [5, 5.41) is 12.6. The quantitative estimate of drug-likeness (QED) is 0.554. The van der Waals surface area contributed by atoms with E-state index in [4.69, 9.17) is 0 Å². The number of hydrogen-bond donors (Lipinski definition) is 2. The summed E-state index contributed by atoms with van der Waals surface area (Å²) in [5.41, 5.74) is 0. The average Bonchev–Trinajstić information content (AvgIpc) is 2.05. The van der Waals surface area contributed by atoms with Crippen molar-refractivity contribution in [1.82, 2.24) is 5.32 Å². The lowest BCUT2D eigenvalue weighted by Gasteiger charge is -2.23. The zero-order valence-corrected chi connectivity index (χ0v) is 6.38. The standard InChI is InChI=1S/C8H15NO/c1-2-8(10)7-5-3-4-6-9-7/h3-4,7-10H,2,5-6H2,1H3/t7-,8-/m0/s1. The molecule has 0 fully saturated rings. The lowest BCUT2D eigenvalue weighted by Crippen LogP contribution is -2.40. The van der Waals surface area contributed by atoms with Crippen LogP contribution in [-0.2, 0) is 0 Å². The molecule has 0 saturated heterocycles. The van der Waals surface area contributed by atoms with Crippen molar-refractivity contribution in [3.8, 4) is 0 Å². The molecule has 2 nitrogen and oxygen atoms in total. The van der Waals surface area contributed by atoms with E-state index in [-0.39, 0.29) is 12.1 Å². The van der Waals surface area contributed by atoms with Gasteiger partial charge in [0.05, 0.1) is 6.10 Å². The summed E-state index contributed by atoms with van der Waals surface area (Å²) in [6.45, 7) is 2.91. The topological polar surface area (TPSA) is 32.3 Å². The van der Waals surface area contributed by atoms with E-state index in [0.29, 0.717) is 0 Å². The molecule has 1 heterocycles. The predicted octanol–water partition coefficient (Wildman–Crippen LogP) is 0.675. The van der Waals surface area contributed by atoms with Crippen LogP contribution in [0, 0.1) is 0 Å². The van der Waals surface area contributed by atoms with Crippen LogP contribution in [0.15, 0.2) is 12.2 Å². The van der Waals surface area contributed by atoms with Gasteiger partial charge in [-0.1, -0.05) is 19.1 Å². The molecular weight excluding hydrogens is 126 g/mol. The zero-order chi connectivity index (χ0) is 7.40. The minimum atomic E-state index is -0.176. The van der Waals surface area contributed by atoms with Gasteiger partial charge in [-0.05, 0) is 12.8 Å². The van der Waals surface area contributed by atoms with Crippen LogP contribution in [0.1, 0.15) is 19.8 Å². The summed E-state index contributed by atoms with van der Waals surface area (Å²) in [5.74, 6) is 0. The van der Waals surface area contributed by atoms with Gasteiger partial charge in [-0.3, -0.25) is 0 Å². The number of rotatable bonds is 2. The van der Waals surface area contributed by atoms with Crippen molar-refractivity contribution in [2.24, 2.45) is 0 Å². The molecule has 58 valence electrons. The maximum Gasteiger partial charge on any atom is 0.0693 e. The molecule has 1 rings (SSSR count). The first kappa shape index (κ1) is 7.76. The molecule has 0 aromatic heterocycles. The van der Waals surface area contributed by atoms with Crippen molar-refractivity contribution >= 4 is 0 Å². The molecule has 0 aromatic rings. The lowest BCUT2D eigenvalue weighted by molar-refractivity contribution is 0.124. The van der Waals surface area contributed by atoms with Gasteiger partial charge >= 0.3 is 0 Å². The predicted molar refractivity (Wildman–Crippen MR) is 41.8 cm³/mol. The maximum atomic E-state index is 9.39. The normalized spacial score (nSPS) is 28.4. The Balaban J connectivity index is 2.33. The van der Waals surface area contributed by atoms with Crippen LogP contribution in [0.3, 0.4) is 0 Å². The van der Waals surface area contributed by atoms with Crippen LogP contribution in [-0.4, -0.2) is 23.8 Å². The van der Waals surface area contributed by atoms with Gasteiger partial charge in [-0.2, -0.15) is 0 Å². The van der Waals surface area contributed by atoms with Crippen molar-refractivity contribution in [2.45, 2.75) is 31.9 Å². The number of aliphatic hydroxyl groups excluding tert-OH is 1. The van der Waals surface area contributed by atoms with Gasteiger partial charge in [0.1, 0.15) is 0 Å². The molecule has 1 aliphatic heterocycles. The highest BCUT2D eigenvalue weighted by molar-refractivity contribution is 4.96. The van der Waals surface area contributed by atoms with Crippen LogP contribution in [0.2, 0.25) is 0 Å². The van der Waals surface area contributed by atoms with E-state index in [1.165, 1.54) is 0 Å². The minimum absolute atomic E-state index is 0.176. The third kappa shape index (κ3) is 1.82. The molecule has 0 spiro atoms. The SMILES string of the molecule is CC[C@H](O)[C@@H]1CC=CCN1. The van der Waals surface area contributed by atoms with E-state index >= 15 is 0 Å². The fraction of sp³-hybridized carbons (Fsp3) is 0.750. The first-order chi connectivity index (χ1) is 4.84. The molecule has 2 heteroatoms. The Morgan fingerprint density at radius 1 is 1.70 bits per heavy atom. The Labute approximate surface area is 61.9 Å². The molecule has 0 unspecified atom stereocenters. The van der Waals surface area contributed by atoms with E-state index in [2.05, 4.69) is 17.5 Å². The van der Waals surface area contributed by atoms with Gasteiger partial charge in [0.15, 0.2) is 0 Å². The number of hydrogen-bond acceptors (Lipinski definition) is 2. The van der Waals surface area contributed by atoms with Crippen LogP contribution in [0.4, 0.5) is 0 Å². The minimum Gasteiger partial charge on any atom is -0.392 e. The Morgan fingerprint density at radius 3 is 3.00 bits per heavy atom. The Kier molecular flexibility index (Phi) is 2.90. The lowest BCUT2D eigenvalue weighted by atomic mass is 10.0. The van der Waals surface area contributed by atoms with Gasteiger partial charge in [0.25, 0.3) is 0 Å². The fourth-order valence-corrected chi connectivity index (χ4v) is 1.21. The molecule has 0 aromatic carbocycles. The van der Waals surface area contributed by atoms with Gasteiger partial charge in [0.2, 0.25) is 0 Å². The molecule has 0 amide bonds. The van der Waals surface area contributed by atoms with Crippen molar-refractivity contribution in [2.75, 3.05) is 6.54 Å². The van der Waals surface area contributed by atoms with Crippen molar-refractivity contribution in [1.29, 1.82) is 0 Å². The molecule has 0 saturated carbocycles. The van der Waals surface area contributed by atoms with Gasteiger partial charge < -0.3 is 10.4 Å². The first-order valence-electron chi connectivity index (χ1n) is 3.91. The second kappa shape index (κ2) is 3.74. The van der Waals surface area contributed by atoms with E-state index in [1.54, 1.807) is 0 Å². The zero-order valence-electron chi connectivity index (χ0n) is 6.38. The summed E-state index contributed by atoms with van der Waals surface area (Å²) < 4.78 is 0. The largest absolute Gasteiger partial charge is 0.392 e. The molecule has 1 aliphatic rings. The summed E-state index contributed by atoms with van der Waals surface area (Å²) in [6, 6.07) is 0.287. The van der Waals surface area contributed by atoms with E-state index in [0.717, 1.165) is 19.4 Å². The van der Waals surface area contributed by atoms with Crippen LogP contribution in [0.25, 0.3) is 0 Å². The van der Waals surface area contributed by atoms with E-state index in [9.17, 15) is 5.11 Å². The Hall–Kier alpha value is -0.340. The number of aliphatic hydroxyl groups is 1. The Morgan fingerprint density at radius 2 is 2.50 bits per heavy atom. The monoisotopic (exact) mass is 141 g/mol. The Bertz CT molecular complexity index is 122. The van der Waals surface area contributed by atoms with Gasteiger partial charge in [0, 0.05) is 12.6 Å². The molecule has 0 aliphatic carbocycles. The van der Waals surface area contributed by atoms with Crippen LogP contribution < -0.4 is 5.32 Å². The van der Waals surface area contributed by atoms with Crippen LogP contribution in [0.5, 0.6) is 0 Å². The third-order valence-corrected chi connectivity index (χ3v) is 1.94. The van der Waals surface area contributed by atoms with Crippen molar-refractivity contribution < 1.29 is 5.11 Å². The molecule has 0 radical (unpaired) electrons. The molecular formula is C8H15NO. The molecule has 10 heavy (non-hydrogen) atoms. The van der Waals surface area contributed by atoms with Crippen LogP contribution >= 0.6 is 0 Å². The van der Waals surface area contributed by atoms with Crippen molar-refractivity contribution in [3.05, 3.63) is 12.2 Å². The van der Waals surface area contributed by atoms with Gasteiger partial charge in [-0.25, -0.2) is 0 Å². The molecule has 2 N–H and O–H groups in total. The summed E-state index contributed by atoms with van der Waals surface area (Å²) >= 11 is 0. The maximum absolute atomic E-state index is 9.39. The van der Waals surface area contributed by atoms with E-state index < -0.39 is 0 Å². The van der Waals surface area contributed by atoms with E-state index in [1.807, 2.05) is 6.92 Å². The van der Waals surface area contributed by atoms with Gasteiger partial charge in [-0.15, -0.1) is 0 Å². The third-order valence-electron chi connectivity index (χ3n) is 1.94. The number of nitrogens with one attached hydrogen (secondary N) is 1. The molecule has 0 bridgehead atoms.